The Hall–Kier alpha value is -0.730. The monoisotopic (exact) mass is 242 g/mol. The fourth-order valence-electron chi connectivity index (χ4n) is 1.79. The van der Waals surface area contributed by atoms with Crippen molar-refractivity contribution in [2.45, 2.75) is 12.8 Å². The summed E-state index contributed by atoms with van der Waals surface area (Å²) >= 11 is 1.70. The molecule has 0 bridgehead atoms. The molecule has 90 valence electrons. The van der Waals surface area contributed by atoms with Crippen LogP contribution in [0, 0.1) is 16.7 Å². The third-order valence-electron chi connectivity index (χ3n) is 2.95. The molecule has 0 aromatic heterocycles. The number of rotatable bonds is 4. The van der Waals surface area contributed by atoms with E-state index in [1.165, 1.54) is 0 Å². The van der Waals surface area contributed by atoms with Gasteiger partial charge in [0.25, 0.3) is 0 Å². The molecule has 1 rings (SSSR count). The Bertz CT molecular complexity index is 282. The summed E-state index contributed by atoms with van der Waals surface area (Å²) in [6.45, 7) is 1.72. The predicted octanol–water partition coefficient (Wildman–Crippen LogP) is 1.13. The number of thioether (sulfide) groups is 1. The summed E-state index contributed by atoms with van der Waals surface area (Å²) in [6, 6.07) is 2.20. The Morgan fingerprint density at radius 1 is 1.56 bits per heavy atom. The fourth-order valence-corrected chi connectivity index (χ4v) is 2.24. The van der Waals surface area contributed by atoms with Gasteiger partial charge in [-0.15, -0.1) is 0 Å². The van der Waals surface area contributed by atoms with Gasteiger partial charge in [0.2, 0.25) is 5.91 Å². The van der Waals surface area contributed by atoms with Crippen LogP contribution >= 0.6 is 11.8 Å². The second kappa shape index (κ2) is 6.12. The number of hydrogen-bond acceptors (Lipinski definition) is 4. The molecular weight excluding hydrogens is 224 g/mol. The van der Waals surface area contributed by atoms with Crippen molar-refractivity contribution in [3.05, 3.63) is 0 Å². The van der Waals surface area contributed by atoms with E-state index in [4.69, 9.17) is 4.74 Å². The Morgan fingerprint density at radius 2 is 2.19 bits per heavy atom. The van der Waals surface area contributed by atoms with Crippen LogP contribution in [0.1, 0.15) is 12.8 Å². The molecule has 0 atom stereocenters. The minimum absolute atomic E-state index is 0.0487. The van der Waals surface area contributed by atoms with Gasteiger partial charge >= 0.3 is 0 Å². The zero-order valence-corrected chi connectivity index (χ0v) is 10.7. The van der Waals surface area contributed by atoms with Crippen LogP contribution in [-0.2, 0) is 9.53 Å². The molecule has 0 radical (unpaired) electrons. The molecule has 1 fully saturated rings. The highest BCUT2D eigenvalue weighted by atomic mass is 32.2. The molecule has 0 N–H and O–H groups in total. The van der Waals surface area contributed by atoms with Gasteiger partial charge in [-0.1, -0.05) is 0 Å². The summed E-state index contributed by atoms with van der Waals surface area (Å²) in [5.41, 5.74) is -0.842. The highest BCUT2D eigenvalue weighted by Gasteiger charge is 2.41. The molecule has 0 saturated carbocycles. The predicted molar refractivity (Wildman–Crippen MR) is 64.1 cm³/mol. The average molecular weight is 242 g/mol. The quantitative estimate of drug-likeness (QED) is 0.741. The first-order valence-corrected chi connectivity index (χ1v) is 6.79. The third kappa shape index (κ3) is 2.89. The smallest absolute Gasteiger partial charge is 0.242 e. The van der Waals surface area contributed by atoms with Gasteiger partial charge in [-0.2, -0.15) is 17.0 Å². The largest absolute Gasteiger partial charge is 0.381 e. The van der Waals surface area contributed by atoms with E-state index in [9.17, 15) is 10.1 Å². The third-order valence-corrected chi connectivity index (χ3v) is 3.54. The number of amides is 1. The van der Waals surface area contributed by atoms with E-state index in [1.807, 2.05) is 6.26 Å². The second-order valence-corrected chi connectivity index (χ2v) is 5.01. The zero-order chi connectivity index (χ0) is 12.0. The van der Waals surface area contributed by atoms with Crippen molar-refractivity contribution in [2.75, 3.05) is 38.8 Å². The first-order valence-electron chi connectivity index (χ1n) is 5.40. The topological polar surface area (TPSA) is 53.3 Å². The first kappa shape index (κ1) is 13.3. The van der Waals surface area contributed by atoms with Gasteiger partial charge in [0.1, 0.15) is 5.41 Å². The van der Waals surface area contributed by atoms with E-state index in [-0.39, 0.29) is 5.91 Å². The molecule has 1 aliphatic rings. The lowest BCUT2D eigenvalue weighted by Gasteiger charge is -2.32. The van der Waals surface area contributed by atoms with Gasteiger partial charge in [0, 0.05) is 32.6 Å². The van der Waals surface area contributed by atoms with E-state index in [0.717, 1.165) is 5.75 Å². The Balaban J connectivity index is 2.65. The number of hydrogen-bond donors (Lipinski definition) is 0. The Kier molecular flexibility index (Phi) is 5.10. The molecule has 0 aromatic rings. The molecule has 0 aliphatic carbocycles. The number of carbonyl (C=O) groups excluding carboxylic acids is 1. The molecule has 0 aromatic carbocycles. The van der Waals surface area contributed by atoms with Crippen LogP contribution in [0.5, 0.6) is 0 Å². The summed E-state index contributed by atoms with van der Waals surface area (Å²) in [5, 5.41) is 9.23. The highest BCUT2D eigenvalue weighted by molar-refractivity contribution is 7.98. The van der Waals surface area contributed by atoms with E-state index in [2.05, 4.69) is 6.07 Å². The standard InChI is InChI=1S/C11H18N2O2S/c1-13(5-8-16-2)10(14)11(9-12)3-6-15-7-4-11/h3-8H2,1-2H3. The van der Waals surface area contributed by atoms with Crippen LogP contribution in [0.2, 0.25) is 0 Å². The summed E-state index contributed by atoms with van der Waals surface area (Å²) in [6.07, 6.45) is 3.05. The van der Waals surface area contributed by atoms with Crippen LogP contribution < -0.4 is 0 Å². The zero-order valence-electron chi connectivity index (χ0n) is 9.86. The number of ether oxygens (including phenoxy) is 1. The number of carbonyl (C=O) groups is 1. The Morgan fingerprint density at radius 3 is 2.69 bits per heavy atom. The lowest BCUT2D eigenvalue weighted by molar-refractivity contribution is -0.141. The fraction of sp³-hybridized carbons (Fsp3) is 0.818. The van der Waals surface area contributed by atoms with Gasteiger partial charge in [0.05, 0.1) is 6.07 Å². The van der Waals surface area contributed by atoms with Gasteiger partial charge in [-0.25, -0.2) is 0 Å². The number of nitrogens with zero attached hydrogens (tertiary/aromatic N) is 2. The van der Waals surface area contributed by atoms with Crippen molar-refractivity contribution in [3.63, 3.8) is 0 Å². The average Bonchev–Trinajstić information content (AvgIpc) is 2.35. The molecule has 4 nitrogen and oxygen atoms in total. The summed E-state index contributed by atoms with van der Waals surface area (Å²) in [7, 11) is 1.77. The SMILES string of the molecule is CSCCN(C)C(=O)C1(C#N)CCOCC1. The van der Waals surface area contributed by atoms with Crippen LogP contribution in [0.25, 0.3) is 0 Å². The van der Waals surface area contributed by atoms with E-state index >= 15 is 0 Å². The maximum atomic E-state index is 12.2. The normalized spacial score (nSPS) is 18.8. The van der Waals surface area contributed by atoms with E-state index < -0.39 is 5.41 Å². The maximum absolute atomic E-state index is 12.2. The minimum atomic E-state index is -0.842. The molecule has 0 spiro atoms. The maximum Gasteiger partial charge on any atom is 0.242 e. The van der Waals surface area contributed by atoms with Crippen LogP contribution in [0.4, 0.5) is 0 Å². The Labute approximate surface area is 101 Å². The van der Waals surface area contributed by atoms with Gasteiger partial charge in [-0.3, -0.25) is 4.79 Å². The van der Waals surface area contributed by atoms with E-state index in [1.54, 1.807) is 23.7 Å². The van der Waals surface area contributed by atoms with Crippen LogP contribution in [-0.4, -0.2) is 49.6 Å². The highest BCUT2D eigenvalue weighted by Crippen LogP contribution is 2.31. The van der Waals surface area contributed by atoms with Crippen LogP contribution in [0.3, 0.4) is 0 Å². The summed E-state index contributed by atoms with van der Waals surface area (Å²) < 4.78 is 5.21. The lowest BCUT2D eigenvalue weighted by Crippen LogP contribution is -2.45. The van der Waals surface area contributed by atoms with Gasteiger partial charge in [-0.05, 0) is 19.1 Å². The molecule has 16 heavy (non-hydrogen) atoms. The molecule has 0 unspecified atom stereocenters. The number of nitriles is 1. The van der Waals surface area contributed by atoms with Crippen LogP contribution in [0.15, 0.2) is 0 Å². The summed E-state index contributed by atoms with van der Waals surface area (Å²) in [5.74, 6) is 0.854. The van der Waals surface area contributed by atoms with Gasteiger partial charge < -0.3 is 9.64 Å². The van der Waals surface area contributed by atoms with Crippen molar-refractivity contribution in [1.29, 1.82) is 5.26 Å². The van der Waals surface area contributed by atoms with Gasteiger partial charge in [0.15, 0.2) is 0 Å². The first-order chi connectivity index (χ1) is 7.66. The lowest BCUT2D eigenvalue weighted by atomic mass is 9.80. The minimum Gasteiger partial charge on any atom is -0.381 e. The summed E-state index contributed by atoms with van der Waals surface area (Å²) in [4.78, 5) is 13.9. The van der Waals surface area contributed by atoms with Crippen molar-refractivity contribution in [1.82, 2.24) is 4.90 Å². The van der Waals surface area contributed by atoms with Crippen molar-refractivity contribution in [2.24, 2.45) is 5.41 Å². The van der Waals surface area contributed by atoms with Crippen molar-refractivity contribution < 1.29 is 9.53 Å². The van der Waals surface area contributed by atoms with Crippen molar-refractivity contribution in [3.8, 4) is 6.07 Å². The molecule has 1 saturated heterocycles. The molecule has 1 amide bonds. The van der Waals surface area contributed by atoms with E-state index in [0.29, 0.717) is 32.6 Å². The molecule has 1 aliphatic heterocycles. The van der Waals surface area contributed by atoms with Crippen molar-refractivity contribution >= 4 is 17.7 Å². The molecule has 1 heterocycles. The molecule has 5 heteroatoms. The second-order valence-electron chi connectivity index (χ2n) is 4.03. The molecular formula is C11H18N2O2S.